The number of anilines is 1. The first kappa shape index (κ1) is 17.9. The molecule has 3 aromatic rings. The van der Waals surface area contributed by atoms with Crippen molar-refractivity contribution in [3.63, 3.8) is 0 Å². The van der Waals surface area contributed by atoms with Crippen LogP contribution < -0.4 is 11.2 Å². The lowest BCUT2D eigenvalue weighted by molar-refractivity contribution is 0.542. The fraction of sp³-hybridized carbons (Fsp3) is 0.412. The number of rotatable bonds is 6. The molecule has 8 heteroatoms. The van der Waals surface area contributed by atoms with E-state index >= 15 is 0 Å². The smallest absolute Gasteiger partial charge is 0.158 e. The van der Waals surface area contributed by atoms with E-state index in [0.29, 0.717) is 17.7 Å². The Morgan fingerprint density at radius 3 is 2.72 bits per heavy atom. The van der Waals surface area contributed by atoms with Crippen LogP contribution in [0, 0.1) is 5.92 Å². The molecular formula is C17H22N6S2. The van der Waals surface area contributed by atoms with Gasteiger partial charge < -0.3 is 5.73 Å². The zero-order valence-electron chi connectivity index (χ0n) is 14.7. The molecule has 6 nitrogen and oxygen atoms in total. The number of hydrogen-bond donors (Lipinski definition) is 2. The zero-order valence-corrected chi connectivity index (χ0v) is 16.4. The van der Waals surface area contributed by atoms with Crippen LogP contribution in [0.15, 0.2) is 22.9 Å². The molecule has 3 aromatic heterocycles. The third kappa shape index (κ3) is 4.02. The van der Waals surface area contributed by atoms with Crippen LogP contribution in [0.4, 0.5) is 5.82 Å². The Morgan fingerprint density at radius 2 is 2.04 bits per heavy atom. The van der Waals surface area contributed by atoms with Crippen LogP contribution in [-0.4, -0.2) is 21.2 Å². The molecular weight excluding hydrogens is 352 g/mol. The molecule has 2 unspecified atom stereocenters. The second kappa shape index (κ2) is 7.55. The summed E-state index contributed by atoms with van der Waals surface area (Å²) in [5.74, 6) is 1.78. The van der Waals surface area contributed by atoms with Crippen molar-refractivity contribution in [2.75, 3.05) is 5.43 Å². The van der Waals surface area contributed by atoms with Gasteiger partial charge in [0.2, 0.25) is 0 Å². The maximum atomic E-state index is 5.83. The monoisotopic (exact) mass is 374 g/mol. The molecule has 0 fully saturated rings. The van der Waals surface area contributed by atoms with Crippen LogP contribution in [0.1, 0.15) is 55.2 Å². The Bertz CT molecular complexity index is 880. The van der Waals surface area contributed by atoms with Gasteiger partial charge in [-0.1, -0.05) is 20.8 Å². The molecule has 0 saturated heterocycles. The van der Waals surface area contributed by atoms with E-state index in [1.165, 1.54) is 16.2 Å². The van der Waals surface area contributed by atoms with E-state index in [2.05, 4.69) is 52.3 Å². The fourth-order valence-electron chi connectivity index (χ4n) is 2.23. The predicted molar refractivity (Wildman–Crippen MR) is 107 cm³/mol. The maximum Gasteiger partial charge on any atom is 0.158 e. The highest BCUT2D eigenvalue weighted by atomic mass is 32.1. The number of fused-ring (bicyclic) bond motifs is 1. The van der Waals surface area contributed by atoms with Crippen LogP contribution in [0.5, 0.6) is 0 Å². The second-order valence-corrected chi connectivity index (χ2v) is 8.34. The van der Waals surface area contributed by atoms with E-state index < -0.39 is 0 Å². The highest BCUT2D eigenvalue weighted by Gasteiger charge is 2.15. The molecule has 3 heterocycles. The topological polar surface area (TPSA) is 89.1 Å². The lowest BCUT2D eigenvalue weighted by Gasteiger charge is -2.12. The number of thiophene rings is 1. The van der Waals surface area contributed by atoms with Crippen molar-refractivity contribution in [3.05, 3.63) is 33.4 Å². The van der Waals surface area contributed by atoms with E-state index in [0.717, 1.165) is 20.9 Å². The zero-order chi connectivity index (χ0) is 18.0. The summed E-state index contributed by atoms with van der Waals surface area (Å²) in [5.41, 5.74) is 9.72. The van der Waals surface area contributed by atoms with E-state index in [9.17, 15) is 0 Å². The van der Waals surface area contributed by atoms with Crippen molar-refractivity contribution in [3.8, 4) is 0 Å². The Labute approximate surface area is 155 Å². The van der Waals surface area contributed by atoms with Gasteiger partial charge in [-0.3, -0.25) is 5.43 Å². The maximum absolute atomic E-state index is 5.83. The van der Waals surface area contributed by atoms with Crippen LogP contribution in [0.25, 0.3) is 10.2 Å². The predicted octanol–water partition coefficient (Wildman–Crippen LogP) is 4.37. The number of nitrogens with two attached hydrogens (primary N) is 1. The van der Waals surface area contributed by atoms with Crippen molar-refractivity contribution < 1.29 is 0 Å². The Kier molecular flexibility index (Phi) is 5.41. The Hall–Kier alpha value is -1.90. The summed E-state index contributed by atoms with van der Waals surface area (Å²) in [7, 11) is 0. The summed E-state index contributed by atoms with van der Waals surface area (Å²) in [4.78, 5) is 15.4. The molecule has 0 aliphatic carbocycles. The SMILES string of the molecule is CC(N)c1csc(/C=N/Nc2ncnc3sc(C(C)C(C)C)cc23)n1. The van der Waals surface area contributed by atoms with Gasteiger partial charge in [-0.15, -0.1) is 22.7 Å². The summed E-state index contributed by atoms with van der Waals surface area (Å²) in [6, 6.07) is 2.10. The van der Waals surface area contributed by atoms with Gasteiger partial charge >= 0.3 is 0 Å². The van der Waals surface area contributed by atoms with Crippen molar-refractivity contribution >= 4 is 44.9 Å². The molecule has 3 N–H and O–H groups in total. The summed E-state index contributed by atoms with van der Waals surface area (Å²) < 4.78 is 0. The Morgan fingerprint density at radius 1 is 1.24 bits per heavy atom. The average Bonchev–Trinajstić information content (AvgIpc) is 3.21. The molecule has 0 spiro atoms. The van der Waals surface area contributed by atoms with Gasteiger partial charge in [0.15, 0.2) is 5.82 Å². The summed E-state index contributed by atoms with van der Waals surface area (Å²) in [6.07, 6.45) is 3.26. The normalized spacial score (nSPS) is 14.5. The van der Waals surface area contributed by atoms with E-state index in [1.807, 2.05) is 12.3 Å². The molecule has 0 aliphatic rings. The summed E-state index contributed by atoms with van der Waals surface area (Å²) >= 11 is 3.23. The third-order valence-corrected chi connectivity index (χ3v) is 6.19. The first-order valence-electron chi connectivity index (χ1n) is 8.20. The minimum atomic E-state index is -0.0694. The molecule has 0 bridgehead atoms. The van der Waals surface area contributed by atoms with Crippen molar-refractivity contribution in [2.45, 2.75) is 39.7 Å². The number of nitrogens with one attached hydrogen (secondary N) is 1. The lowest BCUT2D eigenvalue weighted by atomic mass is 9.96. The first-order chi connectivity index (χ1) is 12.0. The van der Waals surface area contributed by atoms with Crippen LogP contribution in [0.3, 0.4) is 0 Å². The molecule has 0 radical (unpaired) electrons. The van der Waals surface area contributed by atoms with Gasteiger partial charge in [-0.25, -0.2) is 15.0 Å². The standard InChI is InChI=1S/C17H22N6S2/c1-9(2)10(3)14-5-12-16(19-8-20-17(12)25-14)23-21-6-15-22-13(7-24-15)11(4)18/h5-11H,18H2,1-4H3,(H,19,20,23)/b21-6+. The van der Waals surface area contributed by atoms with Crippen molar-refractivity contribution in [2.24, 2.45) is 16.8 Å². The van der Waals surface area contributed by atoms with Gasteiger partial charge in [0.25, 0.3) is 0 Å². The van der Waals surface area contributed by atoms with E-state index in [1.54, 1.807) is 23.9 Å². The minimum Gasteiger partial charge on any atom is -0.323 e. The number of thiazole rings is 1. The number of aromatic nitrogens is 3. The number of hydrogen-bond acceptors (Lipinski definition) is 8. The van der Waals surface area contributed by atoms with Gasteiger partial charge in [-0.05, 0) is 24.8 Å². The van der Waals surface area contributed by atoms with Gasteiger partial charge in [0.1, 0.15) is 16.2 Å². The largest absolute Gasteiger partial charge is 0.323 e. The number of nitrogens with zero attached hydrogens (tertiary/aromatic N) is 4. The van der Waals surface area contributed by atoms with Crippen molar-refractivity contribution in [1.29, 1.82) is 0 Å². The third-order valence-electron chi connectivity index (χ3n) is 4.15. The van der Waals surface area contributed by atoms with Crippen LogP contribution >= 0.6 is 22.7 Å². The highest BCUT2D eigenvalue weighted by Crippen LogP contribution is 2.35. The molecule has 25 heavy (non-hydrogen) atoms. The first-order valence-corrected chi connectivity index (χ1v) is 9.89. The van der Waals surface area contributed by atoms with E-state index in [4.69, 9.17) is 5.73 Å². The molecule has 132 valence electrons. The average molecular weight is 375 g/mol. The Balaban J connectivity index is 1.80. The molecule has 0 aromatic carbocycles. The van der Waals surface area contributed by atoms with Crippen LogP contribution in [-0.2, 0) is 0 Å². The molecule has 0 aliphatic heterocycles. The summed E-state index contributed by atoms with van der Waals surface area (Å²) in [6.45, 7) is 8.62. The fourth-order valence-corrected chi connectivity index (χ4v) is 4.24. The van der Waals surface area contributed by atoms with Crippen LogP contribution in [0.2, 0.25) is 0 Å². The highest BCUT2D eigenvalue weighted by molar-refractivity contribution is 7.18. The molecule has 2 atom stereocenters. The molecule has 3 rings (SSSR count). The molecule has 0 saturated carbocycles. The number of hydrazone groups is 1. The van der Waals surface area contributed by atoms with Gasteiger partial charge in [0.05, 0.1) is 17.3 Å². The second-order valence-electron chi connectivity index (χ2n) is 6.39. The lowest BCUT2D eigenvalue weighted by Crippen LogP contribution is -2.05. The van der Waals surface area contributed by atoms with Gasteiger partial charge in [-0.2, -0.15) is 5.10 Å². The quantitative estimate of drug-likeness (QED) is 0.494. The molecule has 0 amide bonds. The van der Waals surface area contributed by atoms with Gasteiger partial charge in [0, 0.05) is 16.3 Å². The summed E-state index contributed by atoms with van der Waals surface area (Å²) in [5, 5.41) is 8.03. The van der Waals surface area contributed by atoms with E-state index in [-0.39, 0.29) is 6.04 Å². The van der Waals surface area contributed by atoms with Crippen molar-refractivity contribution in [1.82, 2.24) is 15.0 Å². The minimum absolute atomic E-state index is 0.0694.